The summed E-state index contributed by atoms with van der Waals surface area (Å²) in [6.07, 6.45) is 2.63. The van der Waals surface area contributed by atoms with Crippen molar-refractivity contribution in [2.75, 3.05) is 34.2 Å². The van der Waals surface area contributed by atoms with Crippen LogP contribution in [-0.2, 0) is 23.1 Å². The lowest BCUT2D eigenvalue weighted by atomic mass is 10.4. The van der Waals surface area contributed by atoms with Crippen molar-refractivity contribution >= 4 is 10.0 Å². The van der Waals surface area contributed by atoms with Gasteiger partial charge in [-0.05, 0) is 26.6 Å². The lowest BCUT2D eigenvalue weighted by molar-refractivity contribution is 0.358. The third-order valence-corrected chi connectivity index (χ3v) is 5.03. The lowest BCUT2D eigenvalue weighted by Crippen LogP contribution is -2.33. The molecular formula is C13H26N4O2S. The fraction of sp³-hybridized carbons (Fsp3) is 0.692. The third kappa shape index (κ3) is 4.05. The Morgan fingerprint density at radius 3 is 2.40 bits per heavy atom. The number of aryl methyl sites for hydroxylation is 1. The summed E-state index contributed by atoms with van der Waals surface area (Å²) in [6, 6.07) is 1.68. The molecule has 0 atom stereocenters. The first-order valence-electron chi connectivity index (χ1n) is 6.83. The Labute approximate surface area is 122 Å². The molecule has 0 amide bonds. The van der Waals surface area contributed by atoms with E-state index in [1.54, 1.807) is 19.3 Å². The van der Waals surface area contributed by atoms with Crippen molar-refractivity contribution < 1.29 is 8.42 Å². The van der Waals surface area contributed by atoms with Crippen LogP contribution >= 0.6 is 0 Å². The van der Waals surface area contributed by atoms with Gasteiger partial charge in [0.15, 0.2) is 0 Å². The van der Waals surface area contributed by atoms with Gasteiger partial charge in [0.1, 0.15) is 4.90 Å². The van der Waals surface area contributed by atoms with Crippen molar-refractivity contribution in [3.63, 3.8) is 0 Å². The molecule has 0 aliphatic carbocycles. The Balaban J connectivity index is 2.97. The molecule has 7 heteroatoms. The monoisotopic (exact) mass is 302 g/mol. The number of aromatic nitrogens is 1. The predicted octanol–water partition coefficient (Wildman–Crippen LogP) is 0.539. The summed E-state index contributed by atoms with van der Waals surface area (Å²) >= 11 is 0. The van der Waals surface area contributed by atoms with Gasteiger partial charge >= 0.3 is 0 Å². The highest BCUT2D eigenvalue weighted by Gasteiger charge is 2.23. The second-order valence-corrected chi connectivity index (χ2v) is 7.24. The SMILES string of the molecule is CCCn1cc(S(=O)(=O)N(C)CCN(C)C)cc1CN. The second kappa shape index (κ2) is 7.21. The Morgan fingerprint density at radius 1 is 1.25 bits per heavy atom. The molecule has 1 aromatic heterocycles. The van der Waals surface area contributed by atoms with Gasteiger partial charge in [0, 0.05) is 45.1 Å². The van der Waals surface area contributed by atoms with E-state index in [0.29, 0.717) is 24.5 Å². The van der Waals surface area contributed by atoms with Gasteiger partial charge < -0.3 is 15.2 Å². The van der Waals surface area contributed by atoms with Gasteiger partial charge in [-0.15, -0.1) is 0 Å². The summed E-state index contributed by atoms with van der Waals surface area (Å²) in [4.78, 5) is 2.28. The van der Waals surface area contributed by atoms with Crippen LogP contribution in [0.2, 0.25) is 0 Å². The van der Waals surface area contributed by atoms with E-state index in [-0.39, 0.29) is 0 Å². The number of hydrogen-bond donors (Lipinski definition) is 1. The molecule has 1 rings (SSSR count). The smallest absolute Gasteiger partial charge is 0.244 e. The number of rotatable bonds is 8. The van der Waals surface area contributed by atoms with E-state index in [0.717, 1.165) is 18.7 Å². The second-order valence-electron chi connectivity index (χ2n) is 5.19. The topological polar surface area (TPSA) is 71.6 Å². The Bertz CT molecular complexity index is 522. The number of sulfonamides is 1. The van der Waals surface area contributed by atoms with Crippen LogP contribution in [0.1, 0.15) is 19.0 Å². The minimum Gasteiger partial charge on any atom is -0.349 e. The molecule has 0 saturated heterocycles. The van der Waals surface area contributed by atoms with Crippen LogP contribution < -0.4 is 5.73 Å². The fourth-order valence-corrected chi connectivity index (χ4v) is 3.16. The highest BCUT2D eigenvalue weighted by Crippen LogP contribution is 2.18. The van der Waals surface area contributed by atoms with Crippen LogP contribution in [0, 0.1) is 0 Å². The zero-order chi connectivity index (χ0) is 15.3. The van der Waals surface area contributed by atoms with E-state index in [1.807, 2.05) is 23.6 Å². The summed E-state index contributed by atoms with van der Waals surface area (Å²) in [5, 5.41) is 0. The zero-order valence-corrected chi connectivity index (χ0v) is 13.7. The summed E-state index contributed by atoms with van der Waals surface area (Å²) in [6.45, 7) is 4.33. The molecule has 116 valence electrons. The van der Waals surface area contributed by atoms with Gasteiger partial charge in [-0.2, -0.15) is 4.31 Å². The Hall–Kier alpha value is -0.890. The highest BCUT2D eigenvalue weighted by atomic mass is 32.2. The summed E-state index contributed by atoms with van der Waals surface area (Å²) in [5.74, 6) is 0. The van der Waals surface area contributed by atoms with Crippen LogP contribution in [0.25, 0.3) is 0 Å². The van der Waals surface area contributed by atoms with Crippen molar-refractivity contribution in [1.82, 2.24) is 13.8 Å². The molecule has 1 aromatic rings. The molecule has 0 aromatic carbocycles. The minimum atomic E-state index is -3.43. The first kappa shape index (κ1) is 17.2. The van der Waals surface area contributed by atoms with Gasteiger partial charge in [-0.3, -0.25) is 0 Å². The van der Waals surface area contributed by atoms with Crippen molar-refractivity contribution in [2.24, 2.45) is 5.73 Å². The molecule has 0 saturated carbocycles. The molecule has 0 unspecified atom stereocenters. The van der Waals surface area contributed by atoms with Crippen molar-refractivity contribution in [3.05, 3.63) is 18.0 Å². The molecule has 6 nitrogen and oxygen atoms in total. The van der Waals surface area contributed by atoms with Crippen LogP contribution in [0.15, 0.2) is 17.2 Å². The first-order chi connectivity index (χ1) is 9.32. The molecule has 2 N–H and O–H groups in total. The van der Waals surface area contributed by atoms with Gasteiger partial charge in [-0.1, -0.05) is 6.92 Å². The summed E-state index contributed by atoms with van der Waals surface area (Å²) < 4.78 is 28.3. The van der Waals surface area contributed by atoms with Crippen molar-refractivity contribution in [1.29, 1.82) is 0 Å². The Kier molecular flexibility index (Phi) is 6.19. The van der Waals surface area contributed by atoms with Gasteiger partial charge in [0.25, 0.3) is 0 Å². The largest absolute Gasteiger partial charge is 0.349 e. The molecule has 1 heterocycles. The molecule has 0 bridgehead atoms. The quantitative estimate of drug-likeness (QED) is 0.761. The van der Waals surface area contributed by atoms with Crippen LogP contribution in [0.3, 0.4) is 0 Å². The average molecular weight is 302 g/mol. The normalized spacial score (nSPS) is 12.6. The molecule has 0 aliphatic heterocycles. The number of likely N-dealkylation sites (N-methyl/N-ethyl adjacent to an activating group) is 2. The Morgan fingerprint density at radius 2 is 1.90 bits per heavy atom. The van der Waals surface area contributed by atoms with Crippen molar-refractivity contribution in [2.45, 2.75) is 31.3 Å². The molecule has 0 fully saturated rings. The maximum Gasteiger partial charge on any atom is 0.244 e. The molecule has 0 spiro atoms. The van der Waals surface area contributed by atoms with Crippen LogP contribution in [0.4, 0.5) is 0 Å². The van der Waals surface area contributed by atoms with E-state index in [1.165, 1.54) is 4.31 Å². The maximum absolute atomic E-state index is 12.5. The molecule has 20 heavy (non-hydrogen) atoms. The van der Waals surface area contributed by atoms with E-state index >= 15 is 0 Å². The number of nitrogens with two attached hydrogens (primary N) is 1. The highest BCUT2D eigenvalue weighted by molar-refractivity contribution is 7.89. The van der Waals surface area contributed by atoms with Gasteiger partial charge in [0.2, 0.25) is 10.0 Å². The average Bonchev–Trinajstić information content (AvgIpc) is 2.80. The standard InChI is InChI=1S/C13H26N4O2S/c1-5-6-17-11-13(9-12(17)10-14)20(18,19)16(4)8-7-15(2)3/h9,11H,5-8,10,14H2,1-4H3. The maximum atomic E-state index is 12.5. The van der Waals surface area contributed by atoms with Crippen molar-refractivity contribution in [3.8, 4) is 0 Å². The molecule has 0 aliphatic rings. The van der Waals surface area contributed by atoms with Crippen LogP contribution in [-0.4, -0.2) is 56.4 Å². The van der Waals surface area contributed by atoms with E-state index in [4.69, 9.17) is 5.73 Å². The lowest BCUT2D eigenvalue weighted by Gasteiger charge is -2.18. The van der Waals surface area contributed by atoms with E-state index in [2.05, 4.69) is 6.92 Å². The van der Waals surface area contributed by atoms with E-state index in [9.17, 15) is 8.42 Å². The first-order valence-corrected chi connectivity index (χ1v) is 8.27. The summed E-state index contributed by atoms with van der Waals surface area (Å²) in [5.41, 5.74) is 6.53. The van der Waals surface area contributed by atoms with Gasteiger partial charge in [-0.25, -0.2) is 8.42 Å². The predicted molar refractivity (Wildman–Crippen MR) is 81.0 cm³/mol. The number of hydrogen-bond acceptors (Lipinski definition) is 4. The molecule has 0 radical (unpaired) electrons. The zero-order valence-electron chi connectivity index (χ0n) is 12.8. The van der Waals surface area contributed by atoms with Crippen LogP contribution in [0.5, 0.6) is 0 Å². The number of nitrogens with zero attached hydrogens (tertiary/aromatic N) is 3. The van der Waals surface area contributed by atoms with E-state index < -0.39 is 10.0 Å². The third-order valence-electron chi connectivity index (χ3n) is 3.20. The minimum absolute atomic E-state index is 0.327. The summed E-state index contributed by atoms with van der Waals surface area (Å²) in [7, 11) is 2.02. The molecular weight excluding hydrogens is 276 g/mol. The van der Waals surface area contributed by atoms with Gasteiger partial charge in [0.05, 0.1) is 0 Å². The fourth-order valence-electron chi connectivity index (χ4n) is 1.93.